The highest BCUT2D eigenvalue weighted by Gasteiger charge is 2.54. The smallest absolute Gasteiger partial charge is 0.234 e. The van der Waals surface area contributed by atoms with E-state index in [2.05, 4.69) is 5.32 Å². The molecule has 0 saturated heterocycles. The molecule has 0 spiro atoms. The van der Waals surface area contributed by atoms with E-state index in [9.17, 15) is 9.90 Å². The summed E-state index contributed by atoms with van der Waals surface area (Å²) < 4.78 is 0. The predicted octanol–water partition coefficient (Wildman–Crippen LogP) is 1.59. The van der Waals surface area contributed by atoms with Crippen molar-refractivity contribution < 1.29 is 9.90 Å². The summed E-state index contributed by atoms with van der Waals surface area (Å²) >= 11 is 0. The highest BCUT2D eigenvalue weighted by atomic mass is 16.3. The quantitative estimate of drug-likeness (QED) is 0.808. The molecule has 0 aromatic rings. The van der Waals surface area contributed by atoms with Crippen molar-refractivity contribution in [2.75, 3.05) is 6.61 Å². The maximum Gasteiger partial charge on any atom is 0.234 e. The summed E-state index contributed by atoms with van der Waals surface area (Å²) in [6, 6.07) is 1.73. The number of rotatable bonds is 4. The summed E-state index contributed by atoms with van der Waals surface area (Å²) in [5.74, 6) is 2.16. The third-order valence-electron chi connectivity index (χ3n) is 5.58. The van der Waals surface area contributed by atoms with Gasteiger partial charge in [0.1, 0.15) is 6.42 Å². The van der Waals surface area contributed by atoms with Crippen molar-refractivity contribution in [3.8, 4) is 6.07 Å². The molecular formula is C15H22N2O2. The zero-order valence-corrected chi connectivity index (χ0v) is 11.3. The molecule has 0 radical (unpaired) electrons. The highest BCUT2D eigenvalue weighted by molar-refractivity contribution is 5.78. The van der Waals surface area contributed by atoms with Crippen LogP contribution in [0, 0.1) is 34.5 Å². The Balaban J connectivity index is 1.75. The summed E-state index contributed by atoms with van der Waals surface area (Å²) in [6.07, 6.45) is 7.39. The molecule has 4 fully saturated rings. The third kappa shape index (κ3) is 2.25. The van der Waals surface area contributed by atoms with Crippen LogP contribution in [0.1, 0.15) is 44.9 Å². The van der Waals surface area contributed by atoms with Gasteiger partial charge >= 0.3 is 0 Å². The number of amides is 1. The van der Waals surface area contributed by atoms with Crippen LogP contribution in [0.15, 0.2) is 0 Å². The lowest BCUT2D eigenvalue weighted by molar-refractivity contribution is -0.127. The SMILES string of the molecule is N#CCC(=O)NC(CO)C12CC3CC(CC(C3)C1)C2. The number of carbonyl (C=O) groups excluding carboxylic acids is 1. The lowest BCUT2D eigenvalue weighted by atomic mass is 9.47. The van der Waals surface area contributed by atoms with Gasteiger partial charge in [-0.1, -0.05) is 0 Å². The van der Waals surface area contributed by atoms with Crippen molar-refractivity contribution in [1.29, 1.82) is 5.26 Å². The molecule has 4 rings (SSSR count). The molecule has 1 unspecified atom stereocenters. The van der Waals surface area contributed by atoms with Gasteiger partial charge in [0.15, 0.2) is 0 Å². The van der Waals surface area contributed by atoms with Crippen molar-refractivity contribution in [3.63, 3.8) is 0 Å². The number of hydrogen-bond acceptors (Lipinski definition) is 3. The van der Waals surface area contributed by atoms with Gasteiger partial charge in [-0.3, -0.25) is 4.79 Å². The van der Waals surface area contributed by atoms with E-state index in [0.717, 1.165) is 37.0 Å². The molecule has 4 heteroatoms. The van der Waals surface area contributed by atoms with Crippen LogP contribution in [0.3, 0.4) is 0 Å². The highest BCUT2D eigenvalue weighted by Crippen LogP contribution is 2.61. The third-order valence-corrected chi connectivity index (χ3v) is 5.58. The number of nitrogens with one attached hydrogen (secondary N) is 1. The van der Waals surface area contributed by atoms with E-state index in [1.54, 1.807) is 0 Å². The van der Waals surface area contributed by atoms with Crippen LogP contribution in [-0.2, 0) is 4.79 Å². The molecule has 4 saturated carbocycles. The van der Waals surface area contributed by atoms with Crippen LogP contribution in [0.25, 0.3) is 0 Å². The largest absolute Gasteiger partial charge is 0.394 e. The summed E-state index contributed by atoms with van der Waals surface area (Å²) in [5, 5.41) is 21.2. The van der Waals surface area contributed by atoms with Crippen molar-refractivity contribution >= 4 is 5.91 Å². The number of hydrogen-bond donors (Lipinski definition) is 2. The van der Waals surface area contributed by atoms with Gasteiger partial charge in [0, 0.05) is 0 Å². The maximum absolute atomic E-state index is 11.7. The van der Waals surface area contributed by atoms with E-state index in [0.29, 0.717) is 0 Å². The van der Waals surface area contributed by atoms with Crippen LogP contribution in [0.5, 0.6) is 0 Å². The first-order chi connectivity index (χ1) is 9.15. The second-order valence-electron chi connectivity index (χ2n) is 6.92. The van der Waals surface area contributed by atoms with Crippen LogP contribution >= 0.6 is 0 Å². The van der Waals surface area contributed by atoms with Crippen LogP contribution in [0.2, 0.25) is 0 Å². The molecule has 4 aliphatic carbocycles. The zero-order valence-electron chi connectivity index (χ0n) is 11.3. The molecule has 19 heavy (non-hydrogen) atoms. The molecule has 1 amide bonds. The van der Waals surface area contributed by atoms with Crippen molar-refractivity contribution in [1.82, 2.24) is 5.32 Å². The van der Waals surface area contributed by atoms with Crippen LogP contribution < -0.4 is 5.32 Å². The first kappa shape index (κ1) is 12.9. The van der Waals surface area contributed by atoms with Gasteiger partial charge in [-0.2, -0.15) is 5.26 Å². The van der Waals surface area contributed by atoms with E-state index in [1.807, 2.05) is 6.07 Å². The Bertz CT molecular complexity index is 378. The topological polar surface area (TPSA) is 73.1 Å². The second kappa shape index (κ2) is 4.79. The Kier molecular flexibility index (Phi) is 3.26. The van der Waals surface area contributed by atoms with E-state index in [4.69, 9.17) is 5.26 Å². The molecule has 4 aliphatic rings. The first-order valence-corrected chi connectivity index (χ1v) is 7.42. The van der Waals surface area contributed by atoms with Crippen molar-refractivity contribution in [3.05, 3.63) is 0 Å². The normalized spacial score (nSPS) is 40.7. The van der Waals surface area contributed by atoms with Gasteiger partial charge in [0.25, 0.3) is 0 Å². The number of aliphatic hydroxyl groups excluding tert-OH is 1. The lowest BCUT2D eigenvalue weighted by Crippen LogP contribution is -2.58. The van der Waals surface area contributed by atoms with Gasteiger partial charge in [-0.15, -0.1) is 0 Å². The average molecular weight is 262 g/mol. The molecule has 0 aromatic carbocycles. The van der Waals surface area contributed by atoms with Crippen molar-refractivity contribution in [2.45, 2.75) is 51.0 Å². The Hall–Kier alpha value is -1.08. The number of aliphatic hydroxyl groups is 1. The number of nitrogens with zero attached hydrogens (tertiary/aromatic N) is 1. The molecule has 1 atom stereocenters. The fourth-order valence-electron chi connectivity index (χ4n) is 5.31. The maximum atomic E-state index is 11.7. The van der Waals surface area contributed by atoms with Crippen LogP contribution in [-0.4, -0.2) is 23.7 Å². The minimum absolute atomic E-state index is 0.00330. The summed E-state index contributed by atoms with van der Waals surface area (Å²) in [6.45, 7) is 0.00330. The van der Waals surface area contributed by atoms with E-state index < -0.39 is 0 Å². The molecule has 4 bridgehead atoms. The summed E-state index contributed by atoms with van der Waals surface area (Å²) in [5.41, 5.74) is 0.106. The second-order valence-corrected chi connectivity index (χ2v) is 6.92. The average Bonchev–Trinajstić information content (AvgIpc) is 2.34. The summed E-state index contributed by atoms with van der Waals surface area (Å²) in [4.78, 5) is 11.7. The van der Waals surface area contributed by atoms with Gasteiger partial charge in [0.05, 0.1) is 18.7 Å². The summed E-state index contributed by atoms with van der Waals surface area (Å²) in [7, 11) is 0. The first-order valence-electron chi connectivity index (χ1n) is 7.42. The van der Waals surface area contributed by atoms with E-state index in [-0.39, 0.29) is 30.4 Å². The van der Waals surface area contributed by atoms with Crippen molar-refractivity contribution in [2.24, 2.45) is 23.2 Å². The molecule has 0 aliphatic heterocycles. The Morgan fingerprint density at radius 3 is 2.21 bits per heavy atom. The standard InChI is InChI=1S/C15H22N2O2/c16-2-1-14(19)17-13(9-18)15-6-10-3-11(7-15)5-12(4-10)8-15/h10-13,18H,1,3-9H2,(H,17,19). The Labute approximate surface area is 114 Å². The molecule has 2 N–H and O–H groups in total. The monoisotopic (exact) mass is 262 g/mol. The Morgan fingerprint density at radius 1 is 1.26 bits per heavy atom. The lowest BCUT2D eigenvalue weighted by Gasteiger charge is -2.59. The molecule has 0 aromatic heterocycles. The number of nitriles is 1. The zero-order chi connectivity index (χ0) is 13.5. The molecular weight excluding hydrogens is 240 g/mol. The molecule has 0 heterocycles. The molecule has 4 nitrogen and oxygen atoms in total. The minimum atomic E-state index is -0.239. The van der Waals surface area contributed by atoms with Gasteiger partial charge < -0.3 is 10.4 Å². The van der Waals surface area contributed by atoms with Gasteiger partial charge in [-0.25, -0.2) is 0 Å². The fourth-order valence-corrected chi connectivity index (χ4v) is 5.31. The Morgan fingerprint density at radius 2 is 1.79 bits per heavy atom. The fraction of sp³-hybridized carbons (Fsp3) is 0.867. The van der Waals surface area contributed by atoms with Gasteiger partial charge in [0.2, 0.25) is 5.91 Å². The van der Waals surface area contributed by atoms with E-state index >= 15 is 0 Å². The van der Waals surface area contributed by atoms with E-state index in [1.165, 1.54) is 19.3 Å². The van der Waals surface area contributed by atoms with Crippen LogP contribution in [0.4, 0.5) is 0 Å². The molecule has 104 valence electrons. The van der Waals surface area contributed by atoms with Gasteiger partial charge in [-0.05, 0) is 61.7 Å². The minimum Gasteiger partial charge on any atom is -0.394 e. The number of carbonyl (C=O) groups is 1. The predicted molar refractivity (Wildman–Crippen MR) is 69.9 cm³/mol.